The predicted molar refractivity (Wildman–Crippen MR) is 70.5 cm³/mol. The Balaban J connectivity index is 2.03. The molecule has 3 nitrogen and oxygen atoms in total. The SMILES string of the molecule is CCC1CCCC(CC2CCCCO2)(C(=O)O)C1. The van der Waals surface area contributed by atoms with Gasteiger partial charge in [0.2, 0.25) is 0 Å². The largest absolute Gasteiger partial charge is 0.481 e. The van der Waals surface area contributed by atoms with Crippen molar-refractivity contribution in [3.63, 3.8) is 0 Å². The lowest BCUT2D eigenvalue weighted by Gasteiger charge is -2.40. The van der Waals surface area contributed by atoms with Crippen LogP contribution in [0.15, 0.2) is 0 Å². The highest BCUT2D eigenvalue weighted by Gasteiger charge is 2.44. The van der Waals surface area contributed by atoms with Crippen molar-refractivity contribution in [2.45, 2.75) is 70.8 Å². The number of aliphatic carboxylic acids is 1. The fraction of sp³-hybridized carbons (Fsp3) is 0.933. The van der Waals surface area contributed by atoms with Gasteiger partial charge in [-0.15, -0.1) is 0 Å². The van der Waals surface area contributed by atoms with Crippen LogP contribution in [0.5, 0.6) is 0 Å². The first-order chi connectivity index (χ1) is 8.66. The lowest BCUT2D eigenvalue weighted by atomic mass is 9.66. The zero-order valence-corrected chi connectivity index (χ0v) is 11.5. The van der Waals surface area contributed by atoms with Gasteiger partial charge in [-0.1, -0.05) is 26.2 Å². The second-order valence-corrected chi connectivity index (χ2v) is 6.15. The maximum atomic E-state index is 11.8. The quantitative estimate of drug-likeness (QED) is 0.833. The van der Waals surface area contributed by atoms with Crippen molar-refractivity contribution < 1.29 is 14.6 Å². The highest BCUT2D eigenvalue weighted by molar-refractivity contribution is 5.74. The van der Waals surface area contributed by atoms with Crippen LogP contribution in [0, 0.1) is 11.3 Å². The van der Waals surface area contributed by atoms with Crippen molar-refractivity contribution in [2.75, 3.05) is 6.61 Å². The molecular formula is C15H26O3. The zero-order chi connectivity index (χ0) is 13.0. The second kappa shape index (κ2) is 6.05. The molecule has 1 aliphatic heterocycles. The van der Waals surface area contributed by atoms with Gasteiger partial charge in [-0.25, -0.2) is 0 Å². The molecular weight excluding hydrogens is 228 g/mol. The summed E-state index contributed by atoms with van der Waals surface area (Å²) in [7, 11) is 0. The summed E-state index contributed by atoms with van der Waals surface area (Å²) in [6.07, 6.45) is 9.38. The van der Waals surface area contributed by atoms with E-state index in [-0.39, 0.29) is 6.10 Å². The molecule has 2 aliphatic rings. The minimum absolute atomic E-state index is 0.186. The summed E-state index contributed by atoms with van der Waals surface area (Å²) in [5.41, 5.74) is -0.499. The number of carboxylic acids is 1. The van der Waals surface area contributed by atoms with E-state index < -0.39 is 11.4 Å². The number of carbonyl (C=O) groups is 1. The molecule has 1 aliphatic carbocycles. The summed E-state index contributed by atoms with van der Waals surface area (Å²) in [5.74, 6) is 0.00765. The van der Waals surface area contributed by atoms with Crippen LogP contribution in [-0.2, 0) is 9.53 Å². The molecule has 0 radical (unpaired) electrons. The van der Waals surface area contributed by atoms with E-state index in [1.165, 1.54) is 12.8 Å². The fourth-order valence-corrected chi connectivity index (χ4v) is 3.71. The first-order valence-electron chi connectivity index (χ1n) is 7.51. The Morgan fingerprint density at radius 1 is 1.33 bits per heavy atom. The standard InChI is InChI=1S/C15H26O3/c1-2-12-6-5-8-15(10-12,14(16)17)11-13-7-3-4-9-18-13/h12-13H,2-11H2,1H3,(H,16,17). The zero-order valence-electron chi connectivity index (χ0n) is 11.5. The second-order valence-electron chi connectivity index (χ2n) is 6.15. The fourth-order valence-electron chi connectivity index (χ4n) is 3.71. The summed E-state index contributed by atoms with van der Waals surface area (Å²) in [6.45, 7) is 3.00. The van der Waals surface area contributed by atoms with Gasteiger partial charge in [0.15, 0.2) is 0 Å². The molecule has 1 N–H and O–H groups in total. The number of carboxylic acid groups (broad SMARTS) is 1. The Kier molecular flexibility index (Phi) is 4.66. The van der Waals surface area contributed by atoms with Crippen LogP contribution in [0.25, 0.3) is 0 Å². The first-order valence-corrected chi connectivity index (χ1v) is 7.51. The van der Waals surface area contributed by atoms with E-state index in [0.717, 1.165) is 51.6 Å². The Labute approximate surface area is 110 Å². The van der Waals surface area contributed by atoms with E-state index in [1.807, 2.05) is 0 Å². The Morgan fingerprint density at radius 3 is 2.78 bits per heavy atom. The molecule has 1 saturated carbocycles. The molecule has 2 fully saturated rings. The molecule has 2 rings (SSSR count). The lowest BCUT2D eigenvalue weighted by molar-refractivity contribution is -0.156. The first kappa shape index (κ1) is 13.9. The normalized spacial score (nSPS) is 37.4. The molecule has 0 aromatic rings. The van der Waals surface area contributed by atoms with Crippen molar-refractivity contribution >= 4 is 5.97 Å². The number of hydrogen-bond donors (Lipinski definition) is 1. The van der Waals surface area contributed by atoms with E-state index >= 15 is 0 Å². The summed E-state index contributed by atoms with van der Waals surface area (Å²) < 4.78 is 5.76. The molecule has 1 heterocycles. The molecule has 0 bridgehead atoms. The molecule has 0 amide bonds. The number of hydrogen-bond acceptors (Lipinski definition) is 2. The van der Waals surface area contributed by atoms with Gasteiger partial charge in [0.05, 0.1) is 11.5 Å². The molecule has 0 aromatic carbocycles. The van der Waals surface area contributed by atoms with Crippen molar-refractivity contribution in [3.05, 3.63) is 0 Å². The number of ether oxygens (including phenoxy) is 1. The van der Waals surface area contributed by atoms with E-state index in [0.29, 0.717) is 5.92 Å². The van der Waals surface area contributed by atoms with Crippen molar-refractivity contribution in [1.29, 1.82) is 0 Å². The van der Waals surface area contributed by atoms with Gasteiger partial charge < -0.3 is 9.84 Å². The van der Waals surface area contributed by atoms with Gasteiger partial charge in [0.25, 0.3) is 0 Å². The van der Waals surface area contributed by atoms with Gasteiger partial charge in [-0.2, -0.15) is 0 Å². The topological polar surface area (TPSA) is 46.5 Å². The lowest BCUT2D eigenvalue weighted by Crippen LogP contribution is -2.40. The van der Waals surface area contributed by atoms with Crippen LogP contribution in [0.3, 0.4) is 0 Å². The monoisotopic (exact) mass is 254 g/mol. The van der Waals surface area contributed by atoms with Crippen LogP contribution in [-0.4, -0.2) is 23.8 Å². The highest BCUT2D eigenvalue weighted by atomic mass is 16.5. The number of rotatable bonds is 4. The maximum Gasteiger partial charge on any atom is 0.309 e. The van der Waals surface area contributed by atoms with Crippen molar-refractivity contribution in [3.8, 4) is 0 Å². The van der Waals surface area contributed by atoms with Crippen molar-refractivity contribution in [2.24, 2.45) is 11.3 Å². The predicted octanol–water partition coefficient (Wildman–Crippen LogP) is 3.62. The molecule has 3 atom stereocenters. The molecule has 3 heteroatoms. The van der Waals surface area contributed by atoms with Gasteiger partial charge in [-0.3, -0.25) is 4.79 Å². The van der Waals surface area contributed by atoms with E-state index in [2.05, 4.69) is 6.92 Å². The Bertz CT molecular complexity index is 283. The summed E-state index contributed by atoms with van der Waals surface area (Å²) in [5, 5.41) is 9.68. The molecule has 1 saturated heterocycles. The van der Waals surface area contributed by atoms with E-state index in [9.17, 15) is 9.90 Å². The van der Waals surface area contributed by atoms with E-state index in [1.54, 1.807) is 0 Å². The van der Waals surface area contributed by atoms with Crippen LogP contribution < -0.4 is 0 Å². The smallest absolute Gasteiger partial charge is 0.309 e. The average Bonchev–Trinajstić information content (AvgIpc) is 2.40. The summed E-state index contributed by atoms with van der Waals surface area (Å²) >= 11 is 0. The third-order valence-electron chi connectivity index (χ3n) is 4.87. The molecule has 18 heavy (non-hydrogen) atoms. The average molecular weight is 254 g/mol. The maximum absolute atomic E-state index is 11.8. The highest BCUT2D eigenvalue weighted by Crippen LogP contribution is 2.45. The van der Waals surface area contributed by atoms with Gasteiger partial charge in [0, 0.05) is 6.61 Å². The molecule has 104 valence electrons. The van der Waals surface area contributed by atoms with Crippen LogP contribution in [0.4, 0.5) is 0 Å². The summed E-state index contributed by atoms with van der Waals surface area (Å²) in [6, 6.07) is 0. The van der Waals surface area contributed by atoms with Crippen LogP contribution in [0.2, 0.25) is 0 Å². The summed E-state index contributed by atoms with van der Waals surface area (Å²) in [4.78, 5) is 11.8. The Morgan fingerprint density at radius 2 is 2.17 bits per heavy atom. The van der Waals surface area contributed by atoms with Gasteiger partial charge in [0.1, 0.15) is 0 Å². The third-order valence-corrected chi connectivity index (χ3v) is 4.87. The van der Waals surface area contributed by atoms with Gasteiger partial charge >= 0.3 is 5.97 Å². The van der Waals surface area contributed by atoms with Gasteiger partial charge in [-0.05, 0) is 44.4 Å². The third kappa shape index (κ3) is 3.05. The van der Waals surface area contributed by atoms with E-state index in [4.69, 9.17) is 4.74 Å². The van der Waals surface area contributed by atoms with Crippen LogP contribution in [0.1, 0.15) is 64.7 Å². The Hall–Kier alpha value is -0.570. The molecule has 0 spiro atoms. The van der Waals surface area contributed by atoms with Crippen molar-refractivity contribution in [1.82, 2.24) is 0 Å². The molecule has 0 aromatic heterocycles. The minimum atomic E-state index is -0.588. The van der Waals surface area contributed by atoms with Crippen LogP contribution >= 0.6 is 0 Å². The molecule has 3 unspecified atom stereocenters. The minimum Gasteiger partial charge on any atom is -0.481 e.